The zero-order valence-electron chi connectivity index (χ0n) is 13.9. The van der Waals surface area contributed by atoms with Crippen LogP contribution in [0.4, 0.5) is 0 Å². The molecule has 0 amide bonds. The Morgan fingerprint density at radius 1 is 0.826 bits per heavy atom. The van der Waals surface area contributed by atoms with Crippen LogP contribution in [-0.2, 0) is 4.79 Å². The number of unbranched alkanes of at least 4 members (excludes halogenated alkanes) is 6. The van der Waals surface area contributed by atoms with Gasteiger partial charge in [-0.05, 0) is 30.0 Å². The van der Waals surface area contributed by atoms with Crippen molar-refractivity contribution in [3.05, 3.63) is 66.0 Å². The first-order valence-corrected chi connectivity index (χ1v) is 8.80. The fraction of sp³-hybridized carbons (Fsp3) is 0.429. The van der Waals surface area contributed by atoms with Crippen LogP contribution in [0.3, 0.4) is 0 Å². The van der Waals surface area contributed by atoms with Crippen LogP contribution in [-0.4, -0.2) is 11.3 Å². The van der Waals surface area contributed by atoms with Crippen LogP contribution >= 0.6 is 0 Å². The average Bonchev–Trinajstić information content (AvgIpc) is 2.62. The van der Waals surface area contributed by atoms with Gasteiger partial charge in [0.15, 0.2) is 0 Å². The molecule has 0 N–H and O–H groups in total. The number of hydrogen-bond acceptors (Lipinski definition) is 2. The number of pyridine rings is 1. The van der Waals surface area contributed by atoms with Gasteiger partial charge in [0.25, 0.3) is 0 Å². The Morgan fingerprint density at radius 2 is 1.52 bits per heavy atom. The third-order valence-corrected chi connectivity index (χ3v) is 4.35. The molecule has 122 valence electrons. The summed E-state index contributed by atoms with van der Waals surface area (Å²) in [6.07, 6.45) is 14.0. The summed E-state index contributed by atoms with van der Waals surface area (Å²) in [5, 5.41) is 0. The molecule has 2 heteroatoms. The topological polar surface area (TPSA) is 30.0 Å². The van der Waals surface area contributed by atoms with E-state index in [1.807, 2.05) is 18.5 Å². The van der Waals surface area contributed by atoms with Crippen LogP contribution in [0, 0.1) is 0 Å². The van der Waals surface area contributed by atoms with E-state index in [2.05, 4.69) is 41.4 Å². The lowest BCUT2D eigenvalue weighted by Gasteiger charge is -2.17. The molecule has 0 aliphatic carbocycles. The smallest absolute Gasteiger partial charge is 0.119 e. The van der Waals surface area contributed by atoms with Gasteiger partial charge < -0.3 is 4.79 Å². The lowest BCUT2D eigenvalue weighted by Crippen LogP contribution is -2.01. The molecule has 0 fully saturated rings. The fourth-order valence-electron chi connectivity index (χ4n) is 3.08. The summed E-state index contributed by atoms with van der Waals surface area (Å²) in [5.41, 5.74) is 2.69. The van der Waals surface area contributed by atoms with Crippen LogP contribution in [0.5, 0.6) is 0 Å². The maximum absolute atomic E-state index is 10.3. The summed E-state index contributed by atoms with van der Waals surface area (Å²) in [5.74, 6) is 0.444. The molecule has 0 aliphatic rings. The van der Waals surface area contributed by atoms with Crippen molar-refractivity contribution in [3.63, 3.8) is 0 Å². The van der Waals surface area contributed by atoms with E-state index in [1.54, 1.807) is 0 Å². The molecule has 0 bridgehead atoms. The Balaban J connectivity index is 1.81. The number of aldehydes is 1. The van der Waals surface area contributed by atoms with Gasteiger partial charge in [0.05, 0.1) is 0 Å². The van der Waals surface area contributed by atoms with Crippen molar-refractivity contribution < 1.29 is 4.79 Å². The Bertz CT molecular complexity index is 499. The number of aromatic nitrogens is 1. The second-order valence-electron chi connectivity index (χ2n) is 6.11. The first-order valence-electron chi connectivity index (χ1n) is 8.80. The number of carbonyl (C=O) groups is 1. The highest BCUT2D eigenvalue weighted by Crippen LogP contribution is 2.29. The Labute approximate surface area is 140 Å². The SMILES string of the molecule is O=CCCCCCCCCC(c1ccccc1)c1cccnc1. The summed E-state index contributed by atoms with van der Waals surface area (Å²) >= 11 is 0. The van der Waals surface area contributed by atoms with Gasteiger partial charge in [0.2, 0.25) is 0 Å². The fourth-order valence-corrected chi connectivity index (χ4v) is 3.08. The number of nitrogens with zero attached hydrogens (tertiary/aromatic N) is 1. The van der Waals surface area contributed by atoms with E-state index in [0.29, 0.717) is 5.92 Å². The molecule has 23 heavy (non-hydrogen) atoms. The minimum absolute atomic E-state index is 0.444. The zero-order valence-corrected chi connectivity index (χ0v) is 13.9. The van der Waals surface area contributed by atoms with Gasteiger partial charge in [0, 0.05) is 24.7 Å². The summed E-state index contributed by atoms with van der Waals surface area (Å²) in [6.45, 7) is 0. The lowest BCUT2D eigenvalue weighted by molar-refractivity contribution is -0.107. The van der Waals surface area contributed by atoms with Gasteiger partial charge in [0.1, 0.15) is 6.29 Å². The van der Waals surface area contributed by atoms with Gasteiger partial charge in [-0.1, -0.05) is 68.5 Å². The normalized spacial score (nSPS) is 12.0. The minimum Gasteiger partial charge on any atom is -0.303 e. The molecule has 1 heterocycles. The minimum atomic E-state index is 0.444. The molecule has 1 aromatic heterocycles. The molecule has 0 radical (unpaired) electrons. The highest BCUT2D eigenvalue weighted by atomic mass is 16.1. The third-order valence-electron chi connectivity index (χ3n) is 4.35. The molecule has 2 nitrogen and oxygen atoms in total. The van der Waals surface area contributed by atoms with Crippen LogP contribution in [0.15, 0.2) is 54.9 Å². The zero-order chi connectivity index (χ0) is 16.2. The maximum Gasteiger partial charge on any atom is 0.119 e. The third kappa shape index (κ3) is 6.35. The van der Waals surface area contributed by atoms with E-state index >= 15 is 0 Å². The molecular formula is C21H27NO. The highest BCUT2D eigenvalue weighted by Gasteiger charge is 2.13. The molecular weight excluding hydrogens is 282 g/mol. The molecule has 0 saturated heterocycles. The number of carbonyl (C=O) groups excluding carboxylic acids is 1. The standard InChI is InChI=1S/C21H27NO/c23-17-10-5-3-1-2-4-9-15-21(19-12-7-6-8-13-19)20-14-11-16-22-18-20/h6-8,11-14,16-18,21H,1-5,9-10,15H2. The van der Waals surface area contributed by atoms with E-state index in [9.17, 15) is 4.79 Å². The lowest BCUT2D eigenvalue weighted by atomic mass is 9.87. The van der Waals surface area contributed by atoms with Crippen LogP contribution in [0.25, 0.3) is 0 Å². The van der Waals surface area contributed by atoms with Crippen molar-refractivity contribution in [3.8, 4) is 0 Å². The second-order valence-corrected chi connectivity index (χ2v) is 6.11. The average molecular weight is 309 g/mol. The number of hydrogen-bond donors (Lipinski definition) is 0. The van der Waals surface area contributed by atoms with Crippen molar-refractivity contribution in [1.82, 2.24) is 4.98 Å². The molecule has 0 aliphatic heterocycles. The van der Waals surface area contributed by atoms with Crippen molar-refractivity contribution in [2.45, 2.75) is 57.3 Å². The van der Waals surface area contributed by atoms with E-state index < -0.39 is 0 Å². The summed E-state index contributed by atoms with van der Waals surface area (Å²) in [4.78, 5) is 14.6. The largest absolute Gasteiger partial charge is 0.303 e. The van der Waals surface area contributed by atoms with Gasteiger partial charge in [-0.25, -0.2) is 0 Å². The number of benzene rings is 1. The Hall–Kier alpha value is -1.96. The first-order chi connectivity index (χ1) is 11.4. The second kappa shape index (κ2) is 10.7. The molecule has 1 unspecified atom stereocenters. The van der Waals surface area contributed by atoms with Crippen LogP contribution in [0.2, 0.25) is 0 Å². The highest BCUT2D eigenvalue weighted by molar-refractivity contribution is 5.48. The van der Waals surface area contributed by atoms with E-state index in [0.717, 1.165) is 19.1 Å². The van der Waals surface area contributed by atoms with Crippen molar-refractivity contribution in [1.29, 1.82) is 0 Å². The molecule has 0 spiro atoms. The summed E-state index contributed by atoms with van der Waals surface area (Å²) < 4.78 is 0. The van der Waals surface area contributed by atoms with Gasteiger partial charge in [-0.15, -0.1) is 0 Å². The molecule has 0 saturated carbocycles. The number of rotatable bonds is 11. The van der Waals surface area contributed by atoms with Crippen molar-refractivity contribution in [2.24, 2.45) is 0 Å². The van der Waals surface area contributed by atoms with Crippen LogP contribution in [0.1, 0.15) is 68.4 Å². The van der Waals surface area contributed by atoms with Gasteiger partial charge in [-0.3, -0.25) is 4.98 Å². The molecule has 1 aromatic carbocycles. The van der Waals surface area contributed by atoms with Crippen molar-refractivity contribution in [2.75, 3.05) is 0 Å². The Morgan fingerprint density at radius 3 is 2.22 bits per heavy atom. The molecule has 2 aromatic rings. The monoisotopic (exact) mass is 309 g/mol. The van der Waals surface area contributed by atoms with Gasteiger partial charge >= 0.3 is 0 Å². The van der Waals surface area contributed by atoms with E-state index in [-0.39, 0.29) is 0 Å². The molecule has 1 atom stereocenters. The summed E-state index contributed by atoms with van der Waals surface area (Å²) in [6, 6.07) is 15.0. The quantitative estimate of drug-likeness (QED) is 0.403. The van der Waals surface area contributed by atoms with Crippen LogP contribution < -0.4 is 0 Å². The summed E-state index contributed by atoms with van der Waals surface area (Å²) in [7, 11) is 0. The predicted molar refractivity (Wildman–Crippen MR) is 95.5 cm³/mol. The Kier molecular flexibility index (Phi) is 8.10. The predicted octanol–water partition coefficient (Wildman–Crippen LogP) is 5.53. The van der Waals surface area contributed by atoms with E-state index in [1.165, 1.54) is 49.7 Å². The first kappa shape index (κ1) is 17.4. The molecule has 2 rings (SSSR count). The van der Waals surface area contributed by atoms with Gasteiger partial charge in [-0.2, -0.15) is 0 Å². The van der Waals surface area contributed by atoms with E-state index in [4.69, 9.17) is 0 Å². The maximum atomic E-state index is 10.3. The van der Waals surface area contributed by atoms with Crippen molar-refractivity contribution >= 4 is 6.29 Å².